The fraction of sp³-hybridized carbons (Fsp3) is 0.632. The Bertz CT molecular complexity index is 836. The van der Waals surface area contributed by atoms with E-state index in [1.54, 1.807) is 0 Å². The molecule has 0 rings (SSSR count). The molecule has 0 aliphatic heterocycles. The number of carbonyl (C=O) groups excluding carboxylic acids is 4. The predicted molar refractivity (Wildman–Crippen MR) is 130 cm³/mol. The van der Waals surface area contributed by atoms with Gasteiger partial charge < -0.3 is 49.1 Å². The number of nitrogens with two attached hydrogens (primary N) is 4. The van der Waals surface area contributed by atoms with E-state index in [1.165, 1.54) is 0 Å². The van der Waals surface area contributed by atoms with E-state index in [1.807, 2.05) is 0 Å². The van der Waals surface area contributed by atoms with Crippen molar-refractivity contribution in [2.75, 3.05) is 12.3 Å². The van der Waals surface area contributed by atoms with E-state index >= 15 is 0 Å². The molecule has 4 atom stereocenters. The van der Waals surface area contributed by atoms with Crippen molar-refractivity contribution in [1.82, 2.24) is 16.0 Å². The zero-order valence-electron chi connectivity index (χ0n) is 19.5. The first-order chi connectivity index (χ1) is 16.8. The number of carboxylic acids is 2. The van der Waals surface area contributed by atoms with Crippen molar-refractivity contribution in [3.05, 3.63) is 0 Å². The molecule has 0 aliphatic carbocycles. The Morgan fingerprint density at radius 2 is 1.33 bits per heavy atom. The van der Waals surface area contributed by atoms with Gasteiger partial charge in [-0.15, -0.1) is 0 Å². The third kappa shape index (κ3) is 14.0. The molecule has 0 fully saturated rings. The number of hydrogen-bond acceptors (Lipinski definition) is 9. The molecule has 0 saturated heterocycles. The zero-order valence-corrected chi connectivity index (χ0v) is 20.4. The highest BCUT2D eigenvalue weighted by Crippen LogP contribution is 2.05. The van der Waals surface area contributed by atoms with Crippen LogP contribution in [0.4, 0.5) is 0 Å². The molecular weight excluding hydrogens is 500 g/mol. The van der Waals surface area contributed by atoms with Gasteiger partial charge in [-0.05, 0) is 25.7 Å². The summed E-state index contributed by atoms with van der Waals surface area (Å²) in [5, 5.41) is 25.0. The number of guanidine groups is 1. The smallest absolute Gasteiger partial charge is 0.326 e. The van der Waals surface area contributed by atoms with Gasteiger partial charge in [0.2, 0.25) is 23.6 Å². The number of amides is 4. The van der Waals surface area contributed by atoms with Crippen LogP contribution >= 0.6 is 12.6 Å². The molecule has 4 amide bonds. The van der Waals surface area contributed by atoms with Crippen LogP contribution in [0, 0.1) is 0 Å². The SMILES string of the molecule is NC(=O)CCC(N)C(=O)NC(CS)C(=O)NC(CCCN=C(N)N)C(=O)NC(CCC(=O)O)C(=O)O. The molecule has 0 heterocycles. The molecule has 4 unspecified atom stereocenters. The van der Waals surface area contributed by atoms with Crippen LogP contribution in [0.3, 0.4) is 0 Å². The van der Waals surface area contributed by atoms with Crippen LogP contribution < -0.4 is 38.9 Å². The third-order valence-corrected chi connectivity index (χ3v) is 5.06. The van der Waals surface area contributed by atoms with E-state index < -0.39 is 66.2 Å². The van der Waals surface area contributed by atoms with Gasteiger partial charge in [0, 0.05) is 25.1 Å². The van der Waals surface area contributed by atoms with Crippen LogP contribution in [0.25, 0.3) is 0 Å². The highest BCUT2D eigenvalue weighted by atomic mass is 32.1. The van der Waals surface area contributed by atoms with Gasteiger partial charge in [0.1, 0.15) is 18.1 Å². The summed E-state index contributed by atoms with van der Waals surface area (Å²) in [7, 11) is 0. The summed E-state index contributed by atoms with van der Waals surface area (Å²) in [6, 6.07) is -5.15. The van der Waals surface area contributed by atoms with Crippen LogP contribution in [-0.4, -0.2) is 88.2 Å². The summed E-state index contributed by atoms with van der Waals surface area (Å²) >= 11 is 4.02. The number of thiol groups is 1. The summed E-state index contributed by atoms with van der Waals surface area (Å²) in [5.41, 5.74) is 21.2. The van der Waals surface area contributed by atoms with E-state index in [4.69, 9.17) is 28.0 Å². The highest BCUT2D eigenvalue weighted by molar-refractivity contribution is 7.80. The van der Waals surface area contributed by atoms with Crippen molar-refractivity contribution in [3.63, 3.8) is 0 Å². The first kappa shape index (κ1) is 32.4. The van der Waals surface area contributed by atoms with Gasteiger partial charge in [-0.25, -0.2) is 4.79 Å². The van der Waals surface area contributed by atoms with Gasteiger partial charge in [0.05, 0.1) is 6.04 Å². The van der Waals surface area contributed by atoms with Crippen molar-refractivity contribution in [2.45, 2.75) is 62.7 Å². The molecule has 204 valence electrons. The minimum atomic E-state index is -1.52. The van der Waals surface area contributed by atoms with Crippen molar-refractivity contribution >= 4 is 54.2 Å². The zero-order chi connectivity index (χ0) is 27.8. The van der Waals surface area contributed by atoms with Crippen molar-refractivity contribution in [2.24, 2.45) is 27.9 Å². The van der Waals surface area contributed by atoms with Gasteiger partial charge in [-0.3, -0.25) is 29.0 Å². The fourth-order valence-corrected chi connectivity index (χ4v) is 3.00. The van der Waals surface area contributed by atoms with Crippen LogP contribution in [0.5, 0.6) is 0 Å². The number of carbonyl (C=O) groups is 6. The molecule has 16 nitrogen and oxygen atoms in total. The molecule has 0 spiro atoms. The Labute approximate surface area is 212 Å². The normalized spacial score (nSPS) is 13.8. The molecular formula is C19H34N8O8S. The number of carboxylic acid groups (broad SMARTS) is 2. The van der Waals surface area contributed by atoms with Crippen LogP contribution in [-0.2, 0) is 28.8 Å². The molecule has 17 heteroatoms. The Morgan fingerprint density at radius 3 is 1.83 bits per heavy atom. The van der Waals surface area contributed by atoms with Crippen molar-refractivity contribution in [1.29, 1.82) is 0 Å². The summed E-state index contributed by atoms with van der Waals surface area (Å²) in [4.78, 5) is 74.6. The summed E-state index contributed by atoms with van der Waals surface area (Å²) < 4.78 is 0. The average Bonchev–Trinajstić information content (AvgIpc) is 2.79. The Kier molecular flexibility index (Phi) is 15.2. The summed E-state index contributed by atoms with van der Waals surface area (Å²) in [5.74, 6) is -6.20. The second-order valence-corrected chi connectivity index (χ2v) is 8.06. The Balaban J connectivity index is 5.41. The number of aliphatic carboxylic acids is 2. The van der Waals surface area contributed by atoms with Crippen molar-refractivity contribution < 1.29 is 39.0 Å². The van der Waals surface area contributed by atoms with E-state index in [0.29, 0.717) is 0 Å². The second-order valence-electron chi connectivity index (χ2n) is 7.70. The summed E-state index contributed by atoms with van der Waals surface area (Å²) in [6.45, 7) is 0.102. The maximum absolute atomic E-state index is 12.8. The molecule has 0 radical (unpaired) electrons. The molecule has 0 bridgehead atoms. The van der Waals surface area contributed by atoms with Gasteiger partial charge in [0.15, 0.2) is 5.96 Å². The lowest BCUT2D eigenvalue weighted by Crippen LogP contribution is -2.57. The van der Waals surface area contributed by atoms with Gasteiger partial charge in [-0.1, -0.05) is 0 Å². The van der Waals surface area contributed by atoms with Crippen LogP contribution in [0.15, 0.2) is 4.99 Å². The number of nitrogens with zero attached hydrogens (tertiary/aromatic N) is 1. The number of aliphatic imine (C=N–C) groups is 1. The lowest BCUT2D eigenvalue weighted by Gasteiger charge is -2.24. The molecule has 0 saturated carbocycles. The maximum atomic E-state index is 12.8. The molecule has 0 aliphatic rings. The minimum absolute atomic E-state index is 0.0228. The molecule has 36 heavy (non-hydrogen) atoms. The van der Waals surface area contributed by atoms with Gasteiger partial charge in [0.25, 0.3) is 0 Å². The van der Waals surface area contributed by atoms with E-state index in [9.17, 15) is 33.9 Å². The number of rotatable bonds is 18. The van der Waals surface area contributed by atoms with E-state index in [-0.39, 0.29) is 50.4 Å². The van der Waals surface area contributed by atoms with Gasteiger partial charge >= 0.3 is 11.9 Å². The highest BCUT2D eigenvalue weighted by Gasteiger charge is 2.30. The predicted octanol–water partition coefficient (Wildman–Crippen LogP) is -4.03. The first-order valence-corrected chi connectivity index (χ1v) is 11.5. The van der Waals surface area contributed by atoms with Gasteiger partial charge in [-0.2, -0.15) is 12.6 Å². The maximum Gasteiger partial charge on any atom is 0.326 e. The molecule has 0 aromatic heterocycles. The van der Waals surface area contributed by atoms with Crippen molar-refractivity contribution in [3.8, 4) is 0 Å². The topological polar surface area (TPSA) is 295 Å². The summed E-state index contributed by atoms with van der Waals surface area (Å²) in [6.07, 6.45) is -0.905. The van der Waals surface area contributed by atoms with Crippen LogP contribution in [0.1, 0.15) is 38.5 Å². The largest absolute Gasteiger partial charge is 0.481 e. The second kappa shape index (κ2) is 16.9. The van der Waals surface area contributed by atoms with E-state index in [0.717, 1.165) is 0 Å². The number of nitrogens with one attached hydrogen (secondary N) is 3. The quantitative estimate of drug-likeness (QED) is 0.0349. The lowest BCUT2D eigenvalue weighted by atomic mass is 10.1. The number of hydrogen-bond donors (Lipinski definition) is 10. The number of primary amides is 1. The Hall–Kier alpha value is -3.60. The molecule has 0 aromatic carbocycles. The molecule has 13 N–H and O–H groups in total. The molecule has 0 aromatic rings. The lowest BCUT2D eigenvalue weighted by molar-refractivity contribution is -0.143. The Morgan fingerprint density at radius 1 is 0.778 bits per heavy atom. The minimum Gasteiger partial charge on any atom is -0.481 e. The monoisotopic (exact) mass is 534 g/mol. The van der Waals surface area contributed by atoms with Crippen LogP contribution in [0.2, 0.25) is 0 Å². The first-order valence-electron chi connectivity index (χ1n) is 10.8. The third-order valence-electron chi connectivity index (χ3n) is 4.69. The van der Waals surface area contributed by atoms with E-state index in [2.05, 4.69) is 33.6 Å². The average molecular weight is 535 g/mol. The fourth-order valence-electron chi connectivity index (χ4n) is 2.74. The standard InChI is InChI=1S/C19H34N8O8S/c20-9(3-5-13(21)28)15(31)27-12(8-36)17(33)25-10(2-1-7-24-19(22)23)16(32)26-11(18(34)35)4-6-14(29)30/h9-12,36H,1-8,20H2,(H2,21,28)(H,25,33)(H,26,32)(H,27,31)(H,29,30)(H,34,35)(H4,22,23,24).